The third kappa shape index (κ3) is 3.15. The molecule has 1 N–H and O–H groups in total. The number of benzene rings is 2. The van der Waals surface area contributed by atoms with Crippen molar-refractivity contribution in [1.29, 1.82) is 0 Å². The van der Waals surface area contributed by atoms with Crippen LogP contribution >= 0.6 is 0 Å². The molecule has 4 rings (SSSR count). The minimum atomic E-state index is -3.16. The van der Waals surface area contributed by atoms with Gasteiger partial charge in [-0.3, -0.25) is 4.31 Å². The molecule has 0 bridgehead atoms. The maximum atomic E-state index is 12.1. The van der Waals surface area contributed by atoms with Gasteiger partial charge in [0.05, 0.1) is 17.0 Å². The first kappa shape index (κ1) is 15.8. The van der Waals surface area contributed by atoms with Crippen LogP contribution in [0.1, 0.15) is 12.0 Å². The van der Waals surface area contributed by atoms with Crippen molar-refractivity contribution in [3.05, 3.63) is 60.4 Å². The normalized spacial score (nSPS) is 16.2. The third-order valence-corrected chi connectivity index (χ3v) is 6.17. The first-order valence-corrected chi connectivity index (χ1v) is 9.77. The highest BCUT2D eigenvalue weighted by Gasteiger charge is 2.28. The predicted octanol–water partition coefficient (Wildman–Crippen LogP) is 2.78. The van der Waals surface area contributed by atoms with E-state index >= 15 is 0 Å². The van der Waals surface area contributed by atoms with Crippen LogP contribution in [0.4, 0.5) is 11.5 Å². The molecule has 0 spiro atoms. The molecule has 0 saturated carbocycles. The second kappa shape index (κ2) is 6.33. The van der Waals surface area contributed by atoms with Gasteiger partial charge in [-0.25, -0.2) is 18.4 Å². The van der Waals surface area contributed by atoms with E-state index in [4.69, 9.17) is 0 Å². The maximum Gasteiger partial charge on any atom is 0.235 e. The summed E-state index contributed by atoms with van der Waals surface area (Å²) in [5.74, 6) is 0.993. The van der Waals surface area contributed by atoms with Gasteiger partial charge in [0.2, 0.25) is 10.0 Å². The van der Waals surface area contributed by atoms with Crippen molar-refractivity contribution in [3.63, 3.8) is 0 Å². The molecule has 6 nitrogen and oxygen atoms in total. The Bertz CT molecular complexity index is 1020. The highest BCUT2D eigenvalue weighted by atomic mass is 32.2. The lowest BCUT2D eigenvalue weighted by atomic mass is 10.2. The molecule has 128 valence electrons. The summed E-state index contributed by atoms with van der Waals surface area (Å²) < 4.78 is 25.7. The zero-order valence-corrected chi connectivity index (χ0v) is 14.4. The molecular formula is C18H18N4O2S. The van der Waals surface area contributed by atoms with Crippen LogP contribution in [0.3, 0.4) is 0 Å². The number of fused-ring (bicyclic) bond motifs is 1. The minimum absolute atomic E-state index is 0.225. The molecule has 3 aromatic rings. The Hall–Kier alpha value is -2.67. The molecule has 0 radical (unpaired) electrons. The Kier molecular flexibility index (Phi) is 4.01. The van der Waals surface area contributed by atoms with Gasteiger partial charge >= 0.3 is 0 Å². The van der Waals surface area contributed by atoms with Crippen molar-refractivity contribution in [1.82, 2.24) is 9.97 Å². The molecule has 7 heteroatoms. The summed E-state index contributed by atoms with van der Waals surface area (Å²) in [6.07, 6.45) is 2.22. The summed E-state index contributed by atoms with van der Waals surface area (Å²) in [5.41, 5.74) is 2.61. The van der Waals surface area contributed by atoms with Gasteiger partial charge in [0.25, 0.3) is 0 Å². The lowest BCUT2D eigenvalue weighted by Gasteiger charge is -2.18. The number of para-hydroxylation sites is 1. The van der Waals surface area contributed by atoms with E-state index in [1.54, 1.807) is 0 Å². The quantitative estimate of drug-likeness (QED) is 0.780. The molecule has 1 aliphatic rings. The summed E-state index contributed by atoms with van der Waals surface area (Å²) in [4.78, 5) is 8.57. The number of nitrogens with one attached hydrogen (secondary N) is 1. The van der Waals surface area contributed by atoms with Crippen LogP contribution in [0.15, 0.2) is 54.9 Å². The molecule has 1 aromatic heterocycles. The zero-order valence-electron chi connectivity index (χ0n) is 13.6. The Labute approximate surface area is 146 Å². The Morgan fingerprint density at radius 3 is 2.80 bits per heavy atom. The van der Waals surface area contributed by atoms with E-state index in [9.17, 15) is 8.42 Å². The third-order valence-electron chi connectivity index (χ3n) is 4.30. The van der Waals surface area contributed by atoms with Gasteiger partial charge in [0.1, 0.15) is 12.1 Å². The SMILES string of the molecule is O=S1(=O)CCCN1c1cccc(CNc2ncnc3ccccc23)c1. The van der Waals surface area contributed by atoms with Crippen LogP contribution in [-0.4, -0.2) is 30.7 Å². The minimum Gasteiger partial charge on any atom is -0.365 e. The van der Waals surface area contributed by atoms with Crippen LogP contribution in [-0.2, 0) is 16.6 Å². The average Bonchev–Trinajstić information content (AvgIpc) is 2.99. The number of anilines is 2. The Morgan fingerprint density at radius 1 is 1.08 bits per heavy atom. The second-order valence-corrected chi connectivity index (χ2v) is 8.02. The van der Waals surface area contributed by atoms with Crippen LogP contribution in [0, 0.1) is 0 Å². The largest absolute Gasteiger partial charge is 0.365 e. The van der Waals surface area contributed by atoms with E-state index in [0.29, 0.717) is 19.5 Å². The molecule has 0 unspecified atom stereocenters. The van der Waals surface area contributed by atoms with Gasteiger partial charge < -0.3 is 5.32 Å². The van der Waals surface area contributed by atoms with Gasteiger partial charge in [-0.05, 0) is 36.2 Å². The van der Waals surface area contributed by atoms with Gasteiger partial charge in [-0.15, -0.1) is 0 Å². The monoisotopic (exact) mass is 354 g/mol. The number of hydrogen-bond donors (Lipinski definition) is 1. The van der Waals surface area contributed by atoms with Crippen molar-refractivity contribution < 1.29 is 8.42 Å². The smallest absolute Gasteiger partial charge is 0.235 e. The number of nitrogens with zero attached hydrogens (tertiary/aromatic N) is 3. The molecular weight excluding hydrogens is 336 g/mol. The summed E-state index contributed by atoms with van der Waals surface area (Å²) in [6, 6.07) is 15.4. The highest BCUT2D eigenvalue weighted by molar-refractivity contribution is 7.93. The number of sulfonamides is 1. The van der Waals surface area contributed by atoms with Crippen molar-refractivity contribution in [2.45, 2.75) is 13.0 Å². The Balaban J connectivity index is 1.56. The predicted molar refractivity (Wildman–Crippen MR) is 99.1 cm³/mol. The van der Waals surface area contributed by atoms with E-state index in [2.05, 4.69) is 15.3 Å². The number of rotatable bonds is 4. The summed E-state index contributed by atoms with van der Waals surface area (Å²) >= 11 is 0. The molecule has 1 saturated heterocycles. The topological polar surface area (TPSA) is 75.2 Å². The van der Waals surface area contributed by atoms with E-state index in [1.165, 1.54) is 10.6 Å². The standard InChI is InChI=1S/C18H18N4O2S/c23-25(24)10-4-9-22(25)15-6-3-5-14(11-15)12-19-18-16-7-1-2-8-17(16)20-13-21-18/h1-3,5-8,11,13H,4,9-10,12H2,(H,19,20,21). The van der Waals surface area contributed by atoms with Crippen LogP contribution in [0.25, 0.3) is 10.9 Å². The zero-order chi connectivity index (χ0) is 17.3. The first-order chi connectivity index (χ1) is 12.1. The van der Waals surface area contributed by atoms with Gasteiger partial charge in [-0.1, -0.05) is 24.3 Å². The fourth-order valence-corrected chi connectivity index (χ4v) is 4.64. The maximum absolute atomic E-state index is 12.1. The molecule has 0 aliphatic carbocycles. The van der Waals surface area contributed by atoms with Gasteiger partial charge in [0.15, 0.2) is 0 Å². The van der Waals surface area contributed by atoms with Crippen LogP contribution < -0.4 is 9.62 Å². The molecule has 0 atom stereocenters. The molecule has 1 aliphatic heterocycles. The van der Waals surface area contributed by atoms with Crippen molar-refractivity contribution in [2.24, 2.45) is 0 Å². The van der Waals surface area contributed by atoms with Crippen molar-refractivity contribution in [3.8, 4) is 0 Å². The summed E-state index contributed by atoms with van der Waals surface area (Å²) in [7, 11) is -3.16. The molecule has 2 aromatic carbocycles. The fraction of sp³-hybridized carbons (Fsp3) is 0.222. The molecule has 25 heavy (non-hydrogen) atoms. The van der Waals surface area contributed by atoms with E-state index in [1.807, 2.05) is 48.5 Å². The second-order valence-electron chi connectivity index (χ2n) is 6.00. The van der Waals surface area contributed by atoms with E-state index in [-0.39, 0.29) is 5.75 Å². The van der Waals surface area contributed by atoms with Crippen molar-refractivity contribution in [2.75, 3.05) is 21.9 Å². The fourth-order valence-electron chi connectivity index (χ4n) is 3.08. The van der Waals surface area contributed by atoms with Gasteiger partial charge in [0, 0.05) is 18.5 Å². The summed E-state index contributed by atoms with van der Waals surface area (Å²) in [5, 5.41) is 4.28. The lowest BCUT2D eigenvalue weighted by molar-refractivity contribution is 0.599. The molecule has 1 fully saturated rings. The van der Waals surface area contributed by atoms with Gasteiger partial charge in [-0.2, -0.15) is 0 Å². The van der Waals surface area contributed by atoms with E-state index < -0.39 is 10.0 Å². The number of aromatic nitrogens is 2. The lowest BCUT2D eigenvalue weighted by Crippen LogP contribution is -2.25. The van der Waals surface area contributed by atoms with Crippen LogP contribution in [0.2, 0.25) is 0 Å². The summed E-state index contributed by atoms with van der Waals surface area (Å²) in [6.45, 7) is 1.11. The van der Waals surface area contributed by atoms with Crippen LogP contribution in [0.5, 0.6) is 0 Å². The average molecular weight is 354 g/mol. The highest BCUT2D eigenvalue weighted by Crippen LogP contribution is 2.25. The number of hydrogen-bond acceptors (Lipinski definition) is 5. The first-order valence-electron chi connectivity index (χ1n) is 8.16. The molecule has 0 amide bonds. The Morgan fingerprint density at radius 2 is 1.96 bits per heavy atom. The molecule has 2 heterocycles. The van der Waals surface area contributed by atoms with E-state index in [0.717, 1.165) is 28.0 Å². The van der Waals surface area contributed by atoms with Crippen molar-refractivity contribution >= 4 is 32.4 Å².